The van der Waals surface area contributed by atoms with E-state index in [0.717, 1.165) is 16.8 Å². The highest BCUT2D eigenvalue weighted by Crippen LogP contribution is 2.26. The minimum atomic E-state index is -0.210. The number of benzene rings is 1. The first-order valence-electron chi connectivity index (χ1n) is 6.63. The summed E-state index contributed by atoms with van der Waals surface area (Å²) in [6, 6.07) is 8.72. The average Bonchev–Trinajstić information content (AvgIpc) is 3.00. The molecule has 0 spiro atoms. The monoisotopic (exact) mass is 312 g/mol. The molecule has 0 fully saturated rings. The SMILES string of the molecule is Cc1cc(-c2csc(N/N=C/c3cccnc3)n2)ccc1F. The third-order valence-electron chi connectivity index (χ3n) is 3.02. The Morgan fingerprint density at radius 3 is 3.00 bits per heavy atom. The molecule has 2 aromatic heterocycles. The first-order chi connectivity index (χ1) is 10.7. The summed E-state index contributed by atoms with van der Waals surface area (Å²) in [7, 11) is 0. The number of pyridine rings is 1. The molecule has 0 bridgehead atoms. The van der Waals surface area contributed by atoms with Crippen LogP contribution in [0.5, 0.6) is 0 Å². The van der Waals surface area contributed by atoms with E-state index in [9.17, 15) is 4.39 Å². The highest BCUT2D eigenvalue weighted by atomic mass is 32.1. The van der Waals surface area contributed by atoms with Gasteiger partial charge in [-0.25, -0.2) is 9.37 Å². The van der Waals surface area contributed by atoms with Gasteiger partial charge in [0.05, 0.1) is 11.9 Å². The number of anilines is 1. The molecule has 22 heavy (non-hydrogen) atoms. The average molecular weight is 312 g/mol. The molecule has 0 saturated heterocycles. The number of hydrogen-bond acceptors (Lipinski definition) is 5. The molecular formula is C16H13FN4S. The van der Waals surface area contributed by atoms with E-state index in [-0.39, 0.29) is 5.82 Å². The van der Waals surface area contributed by atoms with Gasteiger partial charge in [0, 0.05) is 28.9 Å². The van der Waals surface area contributed by atoms with E-state index < -0.39 is 0 Å². The molecule has 1 N–H and O–H groups in total. The highest BCUT2D eigenvalue weighted by molar-refractivity contribution is 7.14. The highest BCUT2D eigenvalue weighted by Gasteiger charge is 2.06. The van der Waals surface area contributed by atoms with Crippen molar-refractivity contribution < 1.29 is 4.39 Å². The van der Waals surface area contributed by atoms with Crippen LogP contribution in [0.25, 0.3) is 11.3 Å². The van der Waals surface area contributed by atoms with Gasteiger partial charge in [-0.2, -0.15) is 5.10 Å². The second-order valence-corrected chi connectivity index (χ2v) is 5.52. The summed E-state index contributed by atoms with van der Waals surface area (Å²) in [5, 5.41) is 6.71. The van der Waals surface area contributed by atoms with E-state index in [4.69, 9.17) is 0 Å². The van der Waals surface area contributed by atoms with Crippen LogP contribution in [0, 0.1) is 12.7 Å². The van der Waals surface area contributed by atoms with Crippen LogP contribution in [-0.2, 0) is 0 Å². The van der Waals surface area contributed by atoms with Gasteiger partial charge < -0.3 is 0 Å². The minimum absolute atomic E-state index is 0.210. The van der Waals surface area contributed by atoms with Gasteiger partial charge in [0.1, 0.15) is 5.82 Å². The minimum Gasteiger partial charge on any atom is -0.264 e. The molecule has 6 heteroatoms. The maximum Gasteiger partial charge on any atom is 0.203 e. The van der Waals surface area contributed by atoms with Crippen LogP contribution in [0.1, 0.15) is 11.1 Å². The molecule has 3 rings (SSSR count). The first kappa shape index (κ1) is 14.3. The normalized spacial score (nSPS) is 11.0. The fraction of sp³-hybridized carbons (Fsp3) is 0.0625. The summed E-state index contributed by atoms with van der Waals surface area (Å²) in [6.45, 7) is 1.74. The Hall–Kier alpha value is -2.60. The summed E-state index contributed by atoms with van der Waals surface area (Å²) in [5.41, 5.74) is 6.08. The molecule has 4 nitrogen and oxygen atoms in total. The number of thiazole rings is 1. The molecule has 0 aliphatic rings. The van der Waals surface area contributed by atoms with Gasteiger partial charge in [0.2, 0.25) is 5.13 Å². The summed E-state index contributed by atoms with van der Waals surface area (Å²) < 4.78 is 13.3. The molecule has 0 atom stereocenters. The van der Waals surface area contributed by atoms with E-state index >= 15 is 0 Å². The standard InChI is InChI=1S/C16H13FN4S/c1-11-7-13(4-5-14(11)17)15-10-22-16(20-15)21-19-9-12-3-2-6-18-8-12/h2-10H,1H3,(H,20,21)/b19-9+. The lowest BCUT2D eigenvalue weighted by Gasteiger charge is -2.00. The summed E-state index contributed by atoms with van der Waals surface area (Å²) in [4.78, 5) is 8.44. The Morgan fingerprint density at radius 1 is 1.32 bits per heavy atom. The predicted molar refractivity (Wildman–Crippen MR) is 87.7 cm³/mol. The van der Waals surface area contributed by atoms with E-state index in [1.807, 2.05) is 17.5 Å². The molecule has 1 aromatic carbocycles. The number of rotatable bonds is 4. The zero-order chi connectivity index (χ0) is 15.4. The van der Waals surface area contributed by atoms with Gasteiger partial charge in [0.25, 0.3) is 0 Å². The van der Waals surface area contributed by atoms with E-state index in [1.165, 1.54) is 17.4 Å². The van der Waals surface area contributed by atoms with Gasteiger partial charge in [-0.05, 0) is 36.8 Å². The third-order valence-corrected chi connectivity index (χ3v) is 3.76. The lowest BCUT2D eigenvalue weighted by molar-refractivity contribution is 0.619. The Labute approximate surface area is 131 Å². The van der Waals surface area contributed by atoms with Crippen LogP contribution in [0.2, 0.25) is 0 Å². The van der Waals surface area contributed by atoms with Gasteiger partial charge in [0.15, 0.2) is 0 Å². The zero-order valence-corrected chi connectivity index (χ0v) is 12.6. The van der Waals surface area contributed by atoms with Crippen molar-refractivity contribution in [3.05, 3.63) is 65.0 Å². The molecule has 0 aliphatic carbocycles. The van der Waals surface area contributed by atoms with E-state index in [0.29, 0.717) is 10.7 Å². The number of hydrogen-bond donors (Lipinski definition) is 1. The van der Waals surface area contributed by atoms with Crippen LogP contribution in [-0.4, -0.2) is 16.2 Å². The molecule has 0 amide bonds. The molecule has 0 unspecified atom stereocenters. The maximum atomic E-state index is 13.3. The molecular weight excluding hydrogens is 299 g/mol. The fourth-order valence-corrected chi connectivity index (χ4v) is 2.54. The van der Waals surface area contributed by atoms with Gasteiger partial charge >= 0.3 is 0 Å². The summed E-state index contributed by atoms with van der Waals surface area (Å²) in [6.07, 6.45) is 5.11. The smallest absolute Gasteiger partial charge is 0.203 e. The number of halogens is 1. The molecule has 0 radical (unpaired) electrons. The topological polar surface area (TPSA) is 50.2 Å². The number of aromatic nitrogens is 2. The predicted octanol–water partition coefficient (Wildman–Crippen LogP) is 4.10. The van der Waals surface area contributed by atoms with Gasteiger partial charge in [-0.1, -0.05) is 6.07 Å². The van der Waals surface area contributed by atoms with Crippen molar-refractivity contribution in [2.45, 2.75) is 6.92 Å². The van der Waals surface area contributed by atoms with Crippen molar-refractivity contribution in [1.29, 1.82) is 0 Å². The Bertz CT molecular complexity index is 799. The van der Waals surface area contributed by atoms with Crippen molar-refractivity contribution >= 4 is 22.7 Å². The number of nitrogens with zero attached hydrogens (tertiary/aromatic N) is 3. The fourth-order valence-electron chi connectivity index (χ4n) is 1.88. The van der Waals surface area contributed by atoms with Crippen molar-refractivity contribution in [2.24, 2.45) is 5.10 Å². The number of hydrazone groups is 1. The van der Waals surface area contributed by atoms with Crippen LogP contribution in [0.4, 0.5) is 9.52 Å². The third kappa shape index (κ3) is 3.35. The molecule has 110 valence electrons. The maximum absolute atomic E-state index is 13.3. The van der Waals surface area contributed by atoms with Gasteiger partial charge in [-0.3, -0.25) is 10.4 Å². The second-order valence-electron chi connectivity index (χ2n) is 4.66. The van der Waals surface area contributed by atoms with Crippen molar-refractivity contribution in [2.75, 3.05) is 5.43 Å². The van der Waals surface area contributed by atoms with Crippen LogP contribution in [0.3, 0.4) is 0 Å². The zero-order valence-electron chi connectivity index (χ0n) is 11.8. The first-order valence-corrected chi connectivity index (χ1v) is 7.51. The van der Waals surface area contributed by atoms with Crippen molar-refractivity contribution in [3.63, 3.8) is 0 Å². The van der Waals surface area contributed by atoms with Crippen molar-refractivity contribution in [3.8, 4) is 11.3 Å². The van der Waals surface area contributed by atoms with Crippen LogP contribution >= 0.6 is 11.3 Å². The Morgan fingerprint density at radius 2 is 2.23 bits per heavy atom. The number of aryl methyl sites for hydroxylation is 1. The summed E-state index contributed by atoms with van der Waals surface area (Å²) in [5.74, 6) is -0.210. The van der Waals surface area contributed by atoms with E-state index in [2.05, 4.69) is 20.5 Å². The quantitative estimate of drug-likeness (QED) is 0.583. The Kier molecular flexibility index (Phi) is 4.20. The Balaban J connectivity index is 1.71. The molecule has 3 aromatic rings. The second kappa shape index (κ2) is 6.44. The number of nitrogens with one attached hydrogen (secondary N) is 1. The van der Waals surface area contributed by atoms with Gasteiger partial charge in [-0.15, -0.1) is 11.3 Å². The van der Waals surface area contributed by atoms with Crippen LogP contribution in [0.15, 0.2) is 53.2 Å². The summed E-state index contributed by atoms with van der Waals surface area (Å²) >= 11 is 1.44. The molecule has 2 heterocycles. The van der Waals surface area contributed by atoms with E-state index in [1.54, 1.807) is 37.7 Å². The lowest BCUT2D eigenvalue weighted by atomic mass is 10.1. The van der Waals surface area contributed by atoms with Crippen molar-refractivity contribution in [1.82, 2.24) is 9.97 Å². The molecule has 0 saturated carbocycles. The lowest BCUT2D eigenvalue weighted by Crippen LogP contribution is -1.90. The largest absolute Gasteiger partial charge is 0.264 e. The van der Waals surface area contributed by atoms with Crippen LogP contribution < -0.4 is 5.43 Å². The molecule has 0 aliphatic heterocycles.